The molecule has 92 valence electrons. The van der Waals surface area contributed by atoms with Crippen LogP contribution < -0.4 is 5.73 Å². The lowest BCUT2D eigenvalue weighted by molar-refractivity contribution is -0.137. The minimum Gasteiger partial charge on any atom is -0.328 e. The molecule has 0 radical (unpaired) electrons. The summed E-state index contributed by atoms with van der Waals surface area (Å²) in [6.45, 7) is 6.00. The van der Waals surface area contributed by atoms with Crippen LogP contribution in [0.3, 0.4) is 0 Å². The summed E-state index contributed by atoms with van der Waals surface area (Å²) in [4.78, 5) is 0. The molecule has 16 heavy (non-hydrogen) atoms. The minimum absolute atomic E-state index is 0.233. The summed E-state index contributed by atoms with van der Waals surface area (Å²) in [5, 5.41) is 3.74. The van der Waals surface area contributed by atoms with Crippen molar-refractivity contribution in [2.75, 3.05) is 6.54 Å². The van der Waals surface area contributed by atoms with E-state index >= 15 is 0 Å². The molecule has 3 nitrogen and oxygen atoms in total. The Morgan fingerprint density at radius 3 is 2.25 bits per heavy atom. The zero-order chi connectivity index (χ0) is 12.6. The van der Waals surface area contributed by atoms with Crippen LogP contribution in [-0.4, -0.2) is 16.3 Å². The smallest absolute Gasteiger partial charge is 0.328 e. The third-order valence-electron chi connectivity index (χ3n) is 2.47. The highest BCUT2D eigenvalue weighted by Crippen LogP contribution is 2.33. The van der Waals surface area contributed by atoms with E-state index < -0.39 is 11.7 Å². The molecule has 0 spiro atoms. The van der Waals surface area contributed by atoms with Crippen molar-refractivity contribution in [3.63, 3.8) is 0 Å². The fraction of sp³-hybridized carbons (Fsp3) is 0.700. The van der Waals surface area contributed by atoms with Crippen LogP contribution in [0.5, 0.6) is 0 Å². The molecule has 0 aliphatic carbocycles. The molecule has 6 heteroatoms. The molecule has 2 N–H and O–H groups in total. The Hall–Kier alpha value is -1.04. The maximum absolute atomic E-state index is 12.4. The topological polar surface area (TPSA) is 43.8 Å². The first-order chi connectivity index (χ1) is 7.16. The monoisotopic (exact) mass is 235 g/mol. The zero-order valence-corrected chi connectivity index (χ0v) is 9.54. The molecule has 1 atom stereocenters. The first-order valence-electron chi connectivity index (χ1n) is 4.97. The average Bonchev–Trinajstić information content (AvgIpc) is 2.50. The molecule has 0 fully saturated rings. The van der Waals surface area contributed by atoms with Gasteiger partial charge in [-0.15, -0.1) is 0 Å². The number of alkyl halides is 3. The highest BCUT2D eigenvalue weighted by atomic mass is 19.4. The number of hydrogen-bond acceptors (Lipinski definition) is 2. The molecule has 1 aromatic heterocycles. The van der Waals surface area contributed by atoms with Gasteiger partial charge < -0.3 is 5.73 Å². The standard InChI is InChI=1S/C10H16F3N3/c1-9(2,3)8(4-14)16-6-7(5-15-16)10(11,12)13/h5-6,8H,4,14H2,1-3H3. The van der Waals surface area contributed by atoms with E-state index in [9.17, 15) is 13.2 Å². The number of hydrogen-bond donors (Lipinski definition) is 1. The second-order valence-electron chi connectivity index (χ2n) is 4.82. The van der Waals surface area contributed by atoms with Gasteiger partial charge in [-0.05, 0) is 5.41 Å². The Morgan fingerprint density at radius 1 is 1.38 bits per heavy atom. The lowest BCUT2D eigenvalue weighted by atomic mass is 9.87. The van der Waals surface area contributed by atoms with Crippen molar-refractivity contribution in [1.82, 2.24) is 9.78 Å². The molecule has 0 saturated carbocycles. The minimum atomic E-state index is -4.35. The summed E-state index contributed by atoms with van der Waals surface area (Å²) in [6, 6.07) is -0.247. The first-order valence-corrected chi connectivity index (χ1v) is 4.97. The van der Waals surface area contributed by atoms with Crippen molar-refractivity contribution >= 4 is 0 Å². The van der Waals surface area contributed by atoms with Gasteiger partial charge in [-0.25, -0.2) is 0 Å². The van der Waals surface area contributed by atoms with Crippen molar-refractivity contribution in [3.05, 3.63) is 18.0 Å². The second kappa shape index (κ2) is 4.08. The van der Waals surface area contributed by atoms with Gasteiger partial charge in [0.25, 0.3) is 0 Å². The van der Waals surface area contributed by atoms with Crippen LogP contribution >= 0.6 is 0 Å². The van der Waals surface area contributed by atoms with Crippen molar-refractivity contribution in [2.24, 2.45) is 11.1 Å². The van der Waals surface area contributed by atoms with Gasteiger partial charge in [0.1, 0.15) is 0 Å². The Balaban J connectivity index is 3.01. The van der Waals surface area contributed by atoms with Crippen molar-refractivity contribution < 1.29 is 13.2 Å². The van der Waals surface area contributed by atoms with Gasteiger partial charge in [0, 0.05) is 12.7 Å². The maximum atomic E-state index is 12.4. The van der Waals surface area contributed by atoms with Gasteiger partial charge in [-0.3, -0.25) is 4.68 Å². The first kappa shape index (κ1) is 13.0. The quantitative estimate of drug-likeness (QED) is 0.855. The molecule has 1 rings (SSSR count). The fourth-order valence-corrected chi connectivity index (χ4v) is 1.51. The molecule has 1 unspecified atom stereocenters. The van der Waals surface area contributed by atoms with Crippen LogP contribution in [0.15, 0.2) is 12.4 Å². The summed E-state index contributed by atoms with van der Waals surface area (Å²) in [6.07, 6.45) is -2.52. The predicted molar refractivity (Wildman–Crippen MR) is 54.8 cm³/mol. The van der Waals surface area contributed by atoms with Crippen LogP contribution in [0.4, 0.5) is 13.2 Å². The molecular weight excluding hydrogens is 219 g/mol. The number of nitrogens with zero attached hydrogens (tertiary/aromatic N) is 2. The molecule has 1 aromatic rings. The van der Waals surface area contributed by atoms with E-state index in [0.29, 0.717) is 0 Å². The van der Waals surface area contributed by atoms with Gasteiger partial charge in [0.05, 0.1) is 17.8 Å². The molecule has 0 bridgehead atoms. The Labute approximate surface area is 92.4 Å². The third-order valence-corrected chi connectivity index (χ3v) is 2.47. The largest absolute Gasteiger partial charge is 0.419 e. The van der Waals surface area contributed by atoms with E-state index in [0.717, 1.165) is 12.4 Å². The Kier molecular flexibility index (Phi) is 3.33. The molecule has 0 aromatic carbocycles. The van der Waals surface area contributed by atoms with Crippen molar-refractivity contribution in [3.8, 4) is 0 Å². The van der Waals surface area contributed by atoms with Crippen LogP contribution in [0.1, 0.15) is 32.4 Å². The number of nitrogens with two attached hydrogens (primary N) is 1. The SMILES string of the molecule is CC(C)(C)C(CN)n1cc(C(F)(F)F)cn1. The lowest BCUT2D eigenvalue weighted by Crippen LogP contribution is -2.31. The van der Waals surface area contributed by atoms with Gasteiger partial charge in [-0.2, -0.15) is 18.3 Å². The molecular formula is C10H16F3N3. The van der Waals surface area contributed by atoms with E-state index in [1.165, 1.54) is 4.68 Å². The normalized spacial score (nSPS) is 15.2. The fourth-order valence-electron chi connectivity index (χ4n) is 1.51. The van der Waals surface area contributed by atoms with Crippen molar-refractivity contribution in [1.29, 1.82) is 0 Å². The molecule has 1 heterocycles. The maximum Gasteiger partial charge on any atom is 0.419 e. The zero-order valence-electron chi connectivity index (χ0n) is 9.54. The number of aromatic nitrogens is 2. The predicted octanol–water partition coefficient (Wildman–Crippen LogP) is 2.45. The van der Waals surface area contributed by atoms with E-state index in [1.807, 2.05) is 20.8 Å². The van der Waals surface area contributed by atoms with Crippen LogP contribution in [0.25, 0.3) is 0 Å². The van der Waals surface area contributed by atoms with Gasteiger partial charge in [0.15, 0.2) is 0 Å². The molecule has 0 amide bonds. The van der Waals surface area contributed by atoms with Crippen LogP contribution in [0, 0.1) is 5.41 Å². The number of rotatable bonds is 2. The Bertz CT molecular complexity index is 349. The molecule has 0 aliphatic rings. The summed E-state index contributed by atoms with van der Waals surface area (Å²) in [5.74, 6) is 0. The second-order valence-corrected chi connectivity index (χ2v) is 4.82. The van der Waals surface area contributed by atoms with Crippen LogP contribution in [-0.2, 0) is 6.18 Å². The summed E-state index contributed by atoms with van der Waals surface area (Å²) < 4.78 is 38.4. The van der Waals surface area contributed by atoms with E-state index in [1.54, 1.807) is 0 Å². The van der Waals surface area contributed by atoms with Crippen LogP contribution in [0.2, 0.25) is 0 Å². The third kappa shape index (κ3) is 2.75. The molecule has 0 saturated heterocycles. The summed E-state index contributed by atoms with van der Waals surface area (Å²) in [5.41, 5.74) is 4.59. The summed E-state index contributed by atoms with van der Waals surface area (Å²) >= 11 is 0. The van der Waals surface area contributed by atoms with E-state index in [-0.39, 0.29) is 18.0 Å². The van der Waals surface area contributed by atoms with Crippen molar-refractivity contribution in [2.45, 2.75) is 33.0 Å². The van der Waals surface area contributed by atoms with E-state index in [4.69, 9.17) is 5.73 Å². The average molecular weight is 235 g/mol. The highest BCUT2D eigenvalue weighted by molar-refractivity contribution is 5.09. The highest BCUT2D eigenvalue weighted by Gasteiger charge is 2.34. The lowest BCUT2D eigenvalue weighted by Gasteiger charge is -2.29. The number of halogens is 3. The van der Waals surface area contributed by atoms with E-state index in [2.05, 4.69) is 5.10 Å². The molecule has 0 aliphatic heterocycles. The van der Waals surface area contributed by atoms with Gasteiger partial charge in [0.2, 0.25) is 0 Å². The van der Waals surface area contributed by atoms with Gasteiger partial charge in [-0.1, -0.05) is 20.8 Å². The summed E-state index contributed by atoms with van der Waals surface area (Å²) in [7, 11) is 0. The Morgan fingerprint density at radius 2 is 1.94 bits per heavy atom. The van der Waals surface area contributed by atoms with Gasteiger partial charge >= 0.3 is 6.18 Å².